The second kappa shape index (κ2) is 8.43. The molecule has 0 radical (unpaired) electrons. The van der Waals surface area contributed by atoms with Gasteiger partial charge in [-0.2, -0.15) is 0 Å². The average Bonchev–Trinajstić information content (AvgIpc) is 3.16. The topological polar surface area (TPSA) is 29.1 Å². The van der Waals surface area contributed by atoms with Crippen LogP contribution in [-0.4, -0.2) is 5.78 Å². The van der Waals surface area contributed by atoms with E-state index in [0.717, 1.165) is 28.1 Å². The molecule has 144 valence electrons. The van der Waals surface area contributed by atoms with Crippen molar-refractivity contribution in [1.82, 2.24) is 0 Å². The van der Waals surface area contributed by atoms with E-state index in [-0.39, 0.29) is 5.78 Å². The Kier molecular flexibility index (Phi) is 5.99. The Hall–Kier alpha value is -2.87. The Morgan fingerprint density at radius 3 is 2.00 bits per heavy atom. The summed E-state index contributed by atoms with van der Waals surface area (Å²) >= 11 is 0. The number of benzene rings is 2. The summed E-state index contributed by atoms with van der Waals surface area (Å²) in [5, 5.41) is 3.76. The normalized spacial score (nSPS) is 15.2. The number of hydrogen-bond acceptors (Lipinski definition) is 2. The van der Waals surface area contributed by atoms with Gasteiger partial charge in [0.1, 0.15) is 0 Å². The van der Waals surface area contributed by atoms with Crippen molar-refractivity contribution in [1.29, 1.82) is 0 Å². The lowest BCUT2D eigenvalue weighted by Gasteiger charge is -2.24. The number of ketones is 1. The van der Waals surface area contributed by atoms with Gasteiger partial charge in [-0.15, -0.1) is 0 Å². The molecule has 1 aliphatic rings. The summed E-state index contributed by atoms with van der Waals surface area (Å²) in [5.74, 6) is 0.867. The molecule has 0 aliphatic heterocycles. The molecule has 0 heterocycles. The first kappa shape index (κ1) is 19.9. The highest BCUT2D eigenvalue weighted by Crippen LogP contribution is 2.37. The molecule has 0 aromatic heterocycles. The van der Waals surface area contributed by atoms with E-state index >= 15 is 0 Å². The van der Waals surface area contributed by atoms with Crippen molar-refractivity contribution < 1.29 is 4.79 Å². The van der Waals surface area contributed by atoms with Gasteiger partial charge in [-0.1, -0.05) is 94.5 Å². The SMILES string of the molecule is CC(=O)C1=CC=C/C1=C(/Nc1c(C(C)C)cccc1C(C)C)c1ccccc1. The minimum Gasteiger partial charge on any atom is -0.354 e. The molecular weight excluding hydrogens is 342 g/mol. The lowest BCUT2D eigenvalue weighted by atomic mass is 9.91. The molecule has 1 N–H and O–H groups in total. The smallest absolute Gasteiger partial charge is 0.160 e. The van der Waals surface area contributed by atoms with Crippen LogP contribution in [-0.2, 0) is 4.79 Å². The highest BCUT2D eigenvalue weighted by molar-refractivity contribution is 6.04. The van der Waals surface area contributed by atoms with Crippen LogP contribution in [0, 0.1) is 0 Å². The molecule has 2 heteroatoms. The van der Waals surface area contributed by atoms with Gasteiger partial charge in [0.05, 0.1) is 5.70 Å². The summed E-state index contributed by atoms with van der Waals surface area (Å²) in [4.78, 5) is 12.2. The van der Waals surface area contributed by atoms with Crippen molar-refractivity contribution in [3.05, 3.63) is 94.6 Å². The van der Waals surface area contributed by atoms with Gasteiger partial charge in [0.15, 0.2) is 5.78 Å². The van der Waals surface area contributed by atoms with E-state index in [1.54, 1.807) is 6.92 Å². The van der Waals surface area contributed by atoms with Gasteiger partial charge in [-0.25, -0.2) is 0 Å². The predicted molar refractivity (Wildman–Crippen MR) is 120 cm³/mol. The summed E-state index contributed by atoms with van der Waals surface area (Å²) in [7, 11) is 0. The Balaban J connectivity index is 2.22. The number of nitrogens with one attached hydrogen (secondary N) is 1. The van der Waals surface area contributed by atoms with E-state index in [1.165, 1.54) is 11.1 Å². The molecule has 3 rings (SSSR count). The van der Waals surface area contributed by atoms with Crippen molar-refractivity contribution in [2.45, 2.75) is 46.5 Å². The Morgan fingerprint density at radius 1 is 0.857 bits per heavy atom. The first-order chi connectivity index (χ1) is 13.4. The van der Waals surface area contributed by atoms with Crippen LogP contribution in [0.4, 0.5) is 5.69 Å². The van der Waals surface area contributed by atoms with Crippen LogP contribution in [0.1, 0.15) is 63.1 Å². The van der Waals surface area contributed by atoms with Gasteiger partial charge < -0.3 is 5.32 Å². The monoisotopic (exact) mass is 371 g/mol. The molecule has 0 fully saturated rings. The molecule has 2 aromatic carbocycles. The summed E-state index contributed by atoms with van der Waals surface area (Å²) in [6, 6.07) is 16.8. The third-order valence-corrected chi connectivity index (χ3v) is 5.15. The van der Waals surface area contributed by atoms with Gasteiger partial charge in [-0.05, 0) is 35.4 Å². The van der Waals surface area contributed by atoms with E-state index in [0.29, 0.717) is 11.8 Å². The third-order valence-electron chi connectivity index (χ3n) is 5.15. The van der Waals surface area contributed by atoms with Crippen LogP contribution in [0.3, 0.4) is 0 Å². The molecule has 0 spiro atoms. The van der Waals surface area contributed by atoms with Crippen molar-refractivity contribution in [2.24, 2.45) is 0 Å². The fourth-order valence-corrected chi connectivity index (χ4v) is 3.67. The number of para-hydroxylation sites is 1. The number of rotatable bonds is 6. The van der Waals surface area contributed by atoms with E-state index in [4.69, 9.17) is 0 Å². The zero-order chi connectivity index (χ0) is 20.3. The number of carbonyl (C=O) groups is 1. The molecular formula is C26H29NO. The summed E-state index contributed by atoms with van der Waals surface area (Å²) in [6.45, 7) is 10.5. The molecule has 0 amide bonds. The first-order valence-electron chi connectivity index (χ1n) is 9.99. The predicted octanol–water partition coefficient (Wildman–Crippen LogP) is 6.84. The number of hydrogen-bond donors (Lipinski definition) is 1. The number of anilines is 1. The third kappa shape index (κ3) is 4.01. The maximum absolute atomic E-state index is 12.2. The minimum atomic E-state index is 0.0801. The van der Waals surface area contributed by atoms with E-state index in [1.807, 2.05) is 36.4 Å². The standard InChI is InChI=1S/C26H29NO/c1-17(2)21-13-9-14-22(18(3)4)26(21)27-25(20-11-7-6-8-12-20)24-16-10-15-23(24)19(5)28/h6-18,27H,1-5H3/b25-24-. The highest BCUT2D eigenvalue weighted by Gasteiger charge is 2.21. The van der Waals surface area contributed by atoms with Crippen molar-refractivity contribution >= 4 is 17.2 Å². The molecule has 2 aromatic rings. The summed E-state index contributed by atoms with van der Waals surface area (Å²) in [6.07, 6.45) is 5.88. The van der Waals surface area contributed by atoms with Crippen molar-refractivity contribution in [2.75, 3.05) is 5.32 Å². The second-order valence-corrected chi connectivity index (χ2v) is 7.90. The van der Waals surface area contributed by atoms with Gasteiger partial charge in [0, 0.05) is 16.8 Å². The zero-order valence-corrected chi connectivity index (χ0v) is 17.4. The Labute approximate surface area is 168 Å². The van der Waals surface area contributed by atoms with Gasteiger partial charge in [0.2, 0.25) is 0 Å². The number of carbonyl (C=O) groups excluding carboxylic acids is 1. The van der Waals surface area contributed by atoms with Gasteiger partial charge in [0.25, 0.3) is 0 Å². The van der Waals surface area contributed by atoms with E-state index in [2.05, 4.69) is 63.3 Å². The van der Waals surface area contributed by atoms with Gasteiger partial charge in [-0.3, -0.25) is 4.79 Å². The van der Waals surface area contributed by atoms with Crippen molar-refractivity contribution in [3.63, 3.8) is 0 Å². The summed E-state index contributed by atoms with van der Waals surface area (Å²) < 4.78 is 0. The Morgan fingerprint density at radius 2 is 1.46 bits per heavy atom. The quantitative estimate of drug-likeness (QED) is 0.602. The summed E-state index contributed by atoms with van der Waals surface area (Å²) in [5.41, 5.74) is 7.48. The minimum absolute atomic E-state index is 0.0801. The maximum Gasteiger partial charge on any atom is 0.160 e. The Bertz CT molecular complexity index is 933. The molecule has 0 saturated heterocycles. The second-order valence-electron chi connectivity index (χ2n) is 7.90. The molecule has 0 unspecified atom stereocenters. The van der Waals surface area contributed by atoms with Crippen LogP contribution in [0.15, 0.2) is 77.9 Å². The molecule has 28 heavy (non-hydrogen) atoms. The molecule has 2 nitrogen and oxygen atoms in total. The molecule has 0 atom stereocenters. The van der Waals surface area contributed by atoms with Crippen LogP contribution >= 0.6 is 0 Å². The average molecular weight is 372 g/mol. The van der Waals surface area contributed by atoms with Crippen LogP contribution in [0.25, 0.3) is 5.70 Å². The van der Waals surface area contributed by atoms with Gasteiger partial charge >= 0.3 is 0 Å². The highest BCUT2D eigenvalue weighted by atomic mass is 16.1. The van der Waals surface area contributed by atoms with Crippen LogP contribution in [0.2, 0.25) is 0 Å². The number of allylic oxidation sites excluding steroid dienone is 5. The zero-order valence-electron chi connectivity index (χ0n) is 17.4. The van der Waals surface area contributed by atoms with E-state index < -0.39 is 0 Å². The first-order valence-corrected chi connectivity index (χ1v) is 9.99. The van der Waals surface area contributed by atoms with E-state index in [9.17, 15) is 4.79 Å². The van der Waals surface area contributed by atoms with Crippen LogP contribution < -0.4 is 5.32 Å². The van der Waals surface area contributed by atoms with Crippen LogP contribution in [0.5, 0.6) is 0 Å². The fraction of sp³-hybridized carbons (Fsp3) is 0.269. The maximum atomic E-state index is 12.2. The lowest BCUT2D eigenvalue weighted by Crippen LogP contribution is -2.10. The molecule has 0 bridgehead atoms. The largest absolute Gasteiger partial charge is 0.354 e. The molecule has 1 aliphatic carbocycles. The fourth-order valence-electron chi connectivity index (χ4n) is 3.67. The number of Topliss-reactive ketones (excluding diaryl/α,β-unsaturated/α-hetero) is 1. The lowest BCUT2D eigenvalue weighted by molar-refractivity contribution is -0.113. The van der Waals surface area contributed by atoms with Crippen molar-refractivity contribution in [3.8, 4) is 0 Å². The molecule has 0 saturated carbocycles.